The van der Waals surface area contributed by atoms with Crippen molar-refractivity contribution in [1.82, 2.24) is 4.57 Å². The molecule has 2 aromatic heterocycles. The van der Waals surface area contributed by atoms with Gasteiger partial charge in [0.25, 0.3) is 11.5 Å². The van der Waals surface area contributed by atoms with E-state index >= 15 is 0 Å². The average Bonchev–Trinajstić information content (AvgIpc) is 3.39. The summed E-state index contributed by atoms with van der Waals surface area (Å²) in [5.74, 6) is 0.979. The van der Waals surface area contributed by atoms with E-state index < -0.39 is 6.04 Å². The van der Waals surface area contributed by atoms with E-state index in [2.05, 4.69) is 10.3 Å². The van der Waals surface area contributed by atoms with Gasteiger partial charge in [-0.2, -0.15) is 0 Å². The zero-order chi connectivity index (χ0) is 24.7. The highest BCUT2D eigenvalue weighted by atomic mass is 32.1. The van der Waals surface area contributed by atoms with Crippen molar-refractivity contribution in [2.24, 2.45) is 4.99 Å². The smallest absolute Gasteiger partial charge is 0.271 e. The van der Waals surface area contributed by atoms with E-state index in [-0.39, 0.29) is 17.2 Å². The van der Waals surface area contributed by atoms with Crippen molar-refractivity contribution < 1.29 is 14.3 Å². The van der Waals surface area contributed by atoms with Crippen LogP contribution in [0.2, 0.25) is 0 Å². The minimum absolute atomic E-state index is 0.150. The number of anilines is 1. The van der Waals surface area contributed by atoms with Crippen LogP contribution in [0.5, 0.6) is 5.75 Å². The highest BCUT2D eigenvalue weighted by Gasteiger charge is 2.34. The molecule has 3 heterocycles. The van der Waals surface area contributed by atoms with E-state index in [1.807, 2.05) is 44.2 Å². The lowest BCUT2D eigenvalue weighted by molar-refractivity contribution is -0.113. The third-order valence-corrected chi connectivity index (χ3v) is 6.86. The Labute approximate surface area is 205 Å². The van der Waals surface area contributed by atoms with Gasteiger partial charge in [0.05, 0.1) is 15.8 Å². The van der Waals surface area contributed by atoms with Crippen LogP contribution >= 0.6 is 11.3 Å². The first-order valence-electron chi connectivity index (χ1n) is 11.1. The van der Waals surface area contributed by atoms with Crippen LogP contribution in [-0.4, -0.2) is 15.6 Å². The van der Waals surface area contributed by atoms with Crippen LogP contribution in [0.4, 0.5) is 5.69 Å². The van der Waals surface area contributed by atoms with Crippen LogP contribution in [0, 0.1) is 13.8 Å². The van der Waals surface area contributed by atoms with Crippen molar-refractivity contribution in [3.05, 3.63) is 114 Å². The van der Waals surface area contributed by atoms with E-state index in [0.717, 1.165) is 11.1 Å². The molecule has 0 fully saturated rings. The third kappa shape index (κ3) is 4.24. The number of hydrogen-bond donors (Lipinski definition) is 2. The van der Waals surface area contributed by atoms with Gasteiger partial charge in [-0.3, -0.25) is 14.2 Å². The largest absolute Gasteiger partial charge is 0.508 e. The molecule has 0 spiro atoms. The lowest BCUT2D eigenvalue weighted by Gasteiger charge is -2.23. The van der Waals surface area contributed by atoms with Gasteiger partial charge in [-0.15, -0.1) is 0 Å². The number of amides is 1. The van der Waals surface area contributed by atoms with Gasteiger partial charge in [0.15, 0.2) is 4.80 Å². The van der Waals surface area contributed by atoms with Gasteiger partial charge in [-0.05, 0) is 68.3 Å². The number of aryl methyl sites for hydroxylation is 2. The number of hydrogen-bond acceptors (Lipinski definition) is 6. The molecule has 2 aromatic carbocycles. The van der Waals surface area contributed by atoms with Crippen LogP contribution in [-0.2, 0) is 4.79 Å². The van der Waals surface area contributed by atoms with Crippen molar-refractivity contribution in [3.8, 4) is 5.75 Å². The number of benzene rings is 2. The van der Waals surface area contributed by atoms with Crippen molar-refractivity contribution in [2.45, 2.75) is 26.8 Å². The molecule has 2 N–H and O–H groups in total. The molecule has 1 atom stereocenters. The number of aromatic hydroxyl groups is 1. The summed E-state index contributed by atoms with van der Waals surface area (Å²) < 4.78 is 7.92. The second-order valence-corrected chi connectivity index (χ2v) is 9.40. The number of phenols is 1. The maximum absolute atomic E-state index is 13.6. The van der Waals surface area contributed by atoms with Gasteiger partial charge in [0.2, 0.25) is 0 Å². The zero-order valence-corrected chi connectivity index (χ0v) is 20.2. The number of allylic oxidation sites excluding steroid dienone is 1. The van der Waals surface area contributed by atoms with Gasteiger partial charge in [-0.1, -0.05) is 41.7 Å². The quantitative estimate of drug-likeness (QED) is 0.460. The first kappa shape index (κ1) is 22.6. The minimum atomic E-state index is -0.758. The number of para-hydroxylation sites is 1. The van der Waals surface area contributed by atoms with Gasteiger partial charge in [0.1, 0.15) is 23.3 Å². The lowest BCUT2D eigenvalue weighted by atomic mass is 10.00. The van der Waals surface area contributed by atoms with Crippen molar-refractivity contribution in [1.29, 1.82) is 0 Å². The predicted molar refractivity (Wildman–Crippen MR) is 135 cm³/mol. The highest BCUT2D eigenvalue weighted by molar-refractivity contribution is 7.07. The minimum Gasteiger partial charge on any atom is -0.508 e. The third-order valence-electron chi connectivity index (χ3n) is 5.88. The zero-order valence-electron chi connectivity index (χ0n) is 19.4. The number of furan rings is 1. The number of nitrogens with one attached hydrogen (secondary N) is 1. The van der Waals surface area contributed by atoms with Gasteiger partial charge >= 0.3 is 0 Å². The maximum atomic E-state index is 13.6. The maximum Gasteiger partial charge on any atom is 0.271 e. The average molecular weight is 486 g/mol. The molecule has 0 saturated heterocycles. The molecule has 0 unspecified atom stereocenters. The number of carbonyl (C=O) groups is 1. The molecule has 1 aliphatic heterocycles. The molecule has 35 heavy (non-hydrogen) atoms. The summed E-state index contributed by atoms with van der Waals surface area (Å²) >= 11 is 1.25. The Kier molecular flexibility index (Phi) is 5.74. The Balaban J connectivity index is 1.66. The number of fused-ring (bicyclic) bond motifs is 1. The van der Waals surface area contributed by atoms with Crippen LogP contribution in [0.1, 0.15) is 35.6 Å². The molecule has 1 amide bonds. The van der Waals surface area contributed by atoms with E-state index in [4.69, 9.17) is 4.42 Å². The summed E-state index contributed by atoms with van der Waals surface area (Å²) in [5.41, 5.74) is 2.99. The molecule has 176 valence electrons. The Bertz CT molecular complexity index is 1660. The monoisotopic (exact) mass is 485 g/mol. The fourth-order valence-corrected chi connectivity index (χ4v) is 5.15. The number of aromatic nitrogens is 1. The summed E-state index contributed by atoms with van der Waals surface area (Å²) in [6, 6.07) is 16.9. The summed E-state index contributed by atoms with van der Waals surface area (Å²) in [4.78, 5) is 32.3. The van der Waals surface area contributed by atoms with Gasteiger partial charge in [-0.25, -0.2) is 4.99 Å². The standard InChI is InChI=1S/C27H23N3O4S/c1-15-6-4-5-7-20(15)29-25(32)23-17(3)28-27-30(24(23)21-13-8-16(2)34-21)26(33)22(35-27)14-18-9-11-19(31)12-10-18/h4-14,24,31H,1-3H3,(H,29,32)/b22-14-/t24-/m0/s1. The molecular formula is C27H23N3O4S. The molecule has 1 aliphatic rings. The van der Waals surface area contributed by atoms with Gasteiger partial charge in [0, 0.05) is 5.69 Å². The topological polar surface area (TPSA) is 96.8 Å². The molecule has 0 radical (unpaired) electrons. The summed E-state index contributed by atoms with van der Waals surface area (Å²) in [6.45, 7) is 5.51. The first-order chi connectivity index (χ1) is 16.8. The van der Waals surface area contributed by atoms with Crippen molar-refractivity contribution >= 4 is 29.0 Å². The number of thiazole rings is 1. The molecule has 0 saturated carbocycles. The number of phenolic OH excluding ortho intramolecular Hbond substituents is 1. The number of nitrogens with zero attached hydrogens (tertiary/aromatic N) is 2. The highest BCUT2D eigenvalue weighted by Crippen LogP contribution is 2.32. The SMILES string of the molecule is CC1=C(C(=O)Nc2ccccc2C)[C@H](c2ccc(C)o2)n2c(s/c(=C\c3ccc(O)cc3)c2=O)=N1. The van der Waals surface area contributed by atoms with Crippen molar-refractivity contribution in [3.63, 3.8) is 0 Å². The normalized spacial score (nSPS) is 15.6. The molecule has 4 aromatic rings. The molecule has 0 bridgehead atoms. The second kappa shape index (κ2) is 8.88. The van der Waals surface area contributed by atoms with E-state index in [1.54, 1.807) is 43.3 Å². The summed E-state index contributed by atoms with van der Waals surface area (Å²) in [7, 11) is 0. The van der Waals surface area contributed by atoms with E-state index in [1.165, 1.54) is 15.9 Å². The molecular weight excluding hydrogens is 462 g/mol. The van der Waals surface area contributed by atoms with Crippen molar-refractivity contribution in [2.75, 3.05) is 5.32 Å². The van der Waals surface area contributed by atoms with Crippen LogP contribution in [0.3, 0.4) is 0 Å². The fraction of sp³-hybridized carbons (Fsp3) is 0.148. The summed E-state index contributed by atoms with van der Waals surface area (Å²) in [5, 5.41) is 12.5. The van der Waals surface area contributed by atoms with Crippen LogP contribution in [0.25, 0.3) is 6.08 Å². The molecule has 7 nitrogen and oxygen atoms in total. The lowest BCUT2D eigenvalue weighted by Crippen LogP contribution is -2.40. The molecule has 8 heteroatoms. The predicted octanol–water partition coefficient (Wildman–Crippen LogP) is 3.79. The fourth-order valence-electron chi connectivity index (χ4n) is 4.11. The molecule has 0 aliphatic carbocycles. The van der Waals surface area contributed by atoms with Crippen LogP contribution in [0.15, 0.2) is 86.1 Å². The Morgan fingerprint density at radius 1 is 1.09 bits per heavy atom. The van der Waals surface area contributed by atoms with E-state index in [0.29, 0.717) is 37.8 Å². The second-order valence-electron chi connectivity index (χ2n) is 8.39. The molecule has 5 rings (SSSR count). The Morgan fingerprint density at radius 2 is 1.83 bits per heavy atom. The summed E-state index contributed by atoms with van der Waals surface area (Å²) in [6.07, 6.45) is 1.75. The number of rotatable bonds is 4. The first-order valence-corrected chi connectivity index (χ1v) is 11.9. The Hall–Kier alpha value is -4.17. The number of carbonyl (C=O) groups excluding carboxylic acids is 1. The van der Waals surface area contributed by atoms with Crippen LogP contribution < -0.4 is 20.2 Å². The van der Waals surface area contributed by atoms with E-state index in [9.17, 15) is 14.7 Å². The Morgan fingerprint density at radius 3 is 2.51 bits per heavy atom. The van der Waals surface area contributed by atoms with Gasteiger partial charge < -0.3 is 14.8 Å².